The summed E-state index contributed by atoms with van der Waals surface area (Å²) < 4.78 is 138. The first kappa shape index (κ1) is 28.8. The van der Waals surface area contributed by atoms with Crippen LogP contribution in [0, 0.1) is 0 Å². The predicted molar refractivity (Wildman–Crippen MR) is 114 cm³/mol. The number of hydrogen-bond donors (Lipinski definition) is 1. The van der Waals surface area contributed by atoms with E-state index in [2.05, 4.69) is 4.18 Å². The van der Waals surface area contributed by atoms with Gasteiger partial charge in [-0.25, -0.2) is 4.39 Å². The van der Waals surface area contributed by atoms with Gasteiger partial charge < -0.3 is 14.8 Å². The molecule has 2 aromatic carbocycles. The van der Waals surface area contributed by atoms with Crippen molar-refractivity contribution in [3.63, 3.8) is 0 Å². The van der Waals surface area contributed by atoms with Gasteiger partial charge in [0.2, 0.25) is 0 Å². The fourth-order valence-corrected chi connectivity index (χ4v) is 4.63. The van der Waals surface area contributed by atoms with Crippen LogP contribution in [-0.2, 0) is 34.4 Å². The van der Waals surface area contributed by atoms with E-state index in [-0.39, 0.29) is 25.2 Å². The molecule has 0 aromatic heterocycles. The van der Waals surface area contributed by atoms with Crippen molar-refractivity contribution in [2.75, 3.05) is 18.5 Å². The smallest absolute Gasteiger partial charge is 0.346 e. The number of para-hydroxylation sites is 1. The Bertz CT molecular complexity index is 1170. The van der Waals surface area contributed by atoms with Crippen molar-refractivity contribution < 1.29 is 57.6 Å². The molecule has 0 saturated carbocycles. The summed E-state index contributed by atoms with van der Waals surface area (Å²) in [5.41, 5.74) is -0.470. The number of anilines is 1. The summed E-state index contributed by atoms with van der Waals surface area (Å²) in [5.74, 6) is -5.09. The summed E-state index contributed by atoms with van der Waals surface area (Å²) in [4.78, 5) is 12.2. The van der Waals surface area contributed by atoms with Crippen LogP contribution in [-0.4, -0.2) is 51.0 Å². The van der Waals surface area contributed by atoms with Crippen LogP contribution >= 0.6 is 0 Å². The average Bonchev–Trinajstić information content (AvgIpc) is 2.83. The molecule has 0 aliphatic carbocycles. The number of benzene rings is 2. The third kappa shape index (κ3) is 6.05. The van der Waals surface area contributed by atoms with Gasteiger partial charge in [0.15, 0.2) is 11.9 Å². The molecular weight excluding hydrogens is 539 g/mol. The van der Waals surface area contributed by atoms with E-state index in [0.29, 0.717) is 0 Å². The SMILES string of the molecule is O=C(Nc1ccccc1)C(F)(C(F)(F)F)S(=O)(=O)OC(CC1(c2ccccc2)OCCCO1)C(F)(F)F. The first-order valence-corrected chi connectivity index (χ1v) is 12.0. The Morgan fingerprint density at radius 1 is 0.919 bits per heavy atom. The van der Waals surface area contributed by atoms with E-state index in [9.17, 15) is 39.6 Å². The highest BCUT2D eigenvalue weighted by atomic mass is 32.2. The highest BCUT2D eigenvalue weighted by Gasteiger charge is 2.73. The lowest BCUT2D eigenvalue weighted by Crippen LogP contribution is -2.59. The second-order valence-corrected chi connectivity index (χ2v) is 9.53. The number of alkyl halides is 7. The van der Waals surface area contributed by atoms with Crippen molar-refractivity contribution in [1.82, 2.24) is 0 Å². The quantitative estimate of drug-likeness (QED) is 0.369. The fraction of sp³-hybridized carbons (Fsp3) is 0.409. The Balaban J connectivity index is 2.00. The largest absolute Gasteiger partial charge is 0.449 e. The van der Waals surface area contributed by atoms with Gasteiger partial charge in [-0.15, -0.1) is 0 Å². The van der Waals surface area contributed by atoms with Gasteiger partial charge in [0, 0.05) is 17.7 Å². The lowest BCUT2D eigenvalue weighted by molar-refractivity contribution is -0.306. The molecule has 3 rings (SSSR count). The van der Waals surface area contributed by atoms with Gasteiger partial charge in [0.1, 0.15) is 0 Å². The molecule has 2 aromatic rings. The van der Waals surface area contributed by atoms with E-state index in [1.165, 1.54) is 53.8 Å². The Hall–Kier alpha value is -2.75. The minimum atomic E-state index is -6.98. The number of carbonyl (C=O) groups excluding carboxylic acids is 1. The first-order chi connectivity index (χ1) is 17.1. The van der Waals surface area contributed by atoms with Crippen molar-refractivity contribution in [3.8, 4) is 0 Å². The minimum absolute atomic E-state index is 0.0194. The number of halogens is 7. The van der Waals surface area contributed by atoms with Gasteiger partial charge in [0.25, 0.3) is 5.91 Å². The monoisotopic (exact) mass is 559 g/mol. The molecular formula is C22H20F7NO6S. The molecule has 204 valence electrons. The molecule has 1 saturated heterocycles. The normalized spacial score (nSPS) is 19.0. The number of hydrogen-bond acceptors (Lipinski definition) is 6. The van der Waals surface area contributed by atoms with Gasteiger partial charge in [-0.1, -0.05) is 48.5 Å². The Kier molecular flexibility index (Phi) is 8.22. The molecule has 2 unspecified atom stereocenters. The molecule has 37 heavy (non-hydrogen) atoms. The first-order valence-electron chi connectivity index (χ1n) is 10.6. The van der Waals surface area contributed by atoms with Gasteiger partial charge >= 0.3 is 27.5 Å². The predicted octanol–water partition coefficient (Wildman–Crippen LogP) is 4.81. The maximum atomic E-state index is 15.2. The Labute approximate surface area is 206 Å². The van der Waals surface area contributed by atoms with Crippen LogP contribution in [0.15, 0.2) is 60.7 Å². The molecule has 1 heterocycles. The molecule has 2 atom stereocenters. The van der Waals surface area contributed by atoms with Crippen LogP contribution in [0.5, 0.6) is 0 Å². The van der Waals surface area contributed by atoms with E-state index in [1.807, 2.05) is 0 Å². The maximum absolute atomic E-state index is 15.2. The summed E-state index contributed by atoms with van der Waals surface area (Å²) >= 11 is 0. The number of rotatable bonds is 8. The molecule has 15 heteroatoms. The molecule has 0 bridgehead atoms. The summed E-state index contributed by atoms with van der Waals surface area (Å²) in [6.07, 6.45) is -17.0. The van der Waals surface area contributed by atoms with Crippen LogP contribution < -0.4 is 5.32 Å². The highest BCUT2D eigenvalue weighted by Crippen LogP contribution is 2.45. The van der Waals surface area contributed by atoms with Crippen LogP contribution in [0.1, 0.15) is 18.4 Å². The van der Waals surface area contributed by atoms with Gasteiger partial charge in [-0.05, 0) is 18.6 Å². The van der Waals surface area contributed by atoms with E-state index >= 15 is 4.39 Å². The molecule has 1 fully saturated rings. The highest BCUT2D eigenvalue weighted by molar-refractivity contribution is 7.89. The van der Waals surface area contributed by atoms with E-state index in [0.717, 1.165) is 12.1 Å². The van der Waals surface area contributed by atoms with Crippen molar-refractivity contribution >= 4 is 21.7 Å². The van der Waals surface area contributed by atoms with E-state index < -0.39 is 57.4 Å². The number of ether oxygens (including phenoxy) is 2. The summed E-state index contributed by atoms with van der Waals surface area (Å²) in [6, 6.07) is 12.7. The molecule has 1 aliphatic heterocycles. The van der Waals surface area contributed by atoms with Gasteiger partial charge in [-0.3, -0.25) is 8.98 Å². The fourth-order valence-electron chi connectivity index (χ4n) is 3.45. The maximum Gasteiger partial charge on any atom is 0.449 e. The van der Waals surface area contributed by atoms with Crippen molar-refractivity contribution in [2.24, 2.45) is 0 Å². The van der Waals surface area contributed by atoms with Crippen LogP contribution in [0.25, 0.3) is 0 Å². The summed E-state index contributed by atoms with van der Waals surface area (Å²) in [6.45, 7) is -0.275. The van der Waals surface area contributed by atoms with Crippen molar-refractivity contribution in [2.45, 2.75) is 42.1 Å². The lowest BCUT2D eigenvalue weighted by atomic mass is 9.98. The zero-order chi connectivity index (χ0) is 27.5. The number of amides is 1. The number of nitrogens with one attached hydrogen (secondary N) is 1. The molecule has 1 aliphatic rings. The van der Waals surface area contributed by atoms with Crippen LogP contribution in [0.2, 0.25) is 0 Å². The van der Waals surface area contributed by atoms with Crippen LogP contribution in [0.4, 0.5) is 36.4 Å². The molecule has 1 N–H and O–H groups in total. The average molecular weight is 559 g/mol. The Morgan fingerprint density at radius 2 is 1.43 bits per heavy atom. The second kappa shape index (κ2) is 10.6. The van der Waals surface area contributed by atoms with E-state index in [1.54, 1.807) is 0 Å². The topological polar surface area (TPSA) is 90.9 Å². The zero-order valence-electron chi connectivity index (χ0n) is 18.7. The third-order valence-corrected chi connectivity index (χ3v) is 6.86. The second-order valence-electron chi connectivity index (χ2n) is 7.87. The van der Waals surface area contributed by atoms with Gasteiger partial charge in [0.05, 0.1) is 13.2 Å². The van der Waals surface area contributed by atoms with Gasteiger partial charge in [-0.2, -0.15) is 34.8 Å². The lowest BCUT2D eigenvalue weighted by Gasteiger charge is -2.40. The molecule has 0 radical (unpaired) electrons. The summed E-state index contributed by atoms with van der Waals surface area (Å²) in [5, 5.41) is -4.50. The minimum Gasteiger partial charge on any atom is -0.346 e. The summed E-state index contributed by atoms with van der Waals surface area (Å²) in [7, 11) is -6.98. The molecule has 1 amide bonds. The van der Waals surface area contributed by atoms with Crippen LogP contribution in [0.3, 0.4) is 0 Å². The molecule has 7 nitrogen and oxygen atoms in total. The molecule has 0 spiro atoms. The zero-order valence-corrected chi connectivity index (χ0v) is 19.5. The third-order valence-electron chi connectivity index (χ3n) is 5.27. The van der Waals surface area contributed by atoms with Crippen molar-refractivity contribution in [3.05, 3.63) is 66.2 Å². The van der Waals surface area contributed by atoms with Crippen molar-refractivity contribution in [1.29, 1.82) is 0 Å². The Morgan fingerprint density at radius 3 is 1.92 bits per heavy atom. The standard InChI is InChI=1S/C22H20F7NO6S/c23-20(22(27,28)29,18(31)30-16-10-5-2-6-11-16)37(32,33)36-17(21(24,25)26)14-19(34-12-7-13-35-19)15-8-3-1-4-9-15/h1-6,8-11,17H,7,12-14H2,(H,30,31). The number of carbonyl (C=O) groups is 1. The van der Waals surface area contributed by atoms with E-state index in [4.69, 9.17) is 9.47 Å².